The van der Waals surface area contributed by atoms with Gasteiger partial charge in [0.15, 0.2) is 17.5 Å². The van der Waals surface area contributed by atoms with Crippen molar-refractivity contribution in [3.8, 4) is 11.5 Å². The van der Waals surface area contributed by atoms with E-state index in [1.165, 1.54) is 12.1 Å². The molecule has 9 heteroatoms. The number of sulfonamides is 1. The van der Waals surface area contributed by atoms with E-state index in [0.717, 1.165) is 35.6 Å². The zero-order chi connectivity index (χ0) is 20.0. The number of nitrogens with two attached hydrogens (primary N) is 1. The Morgan fingerprint density at radius 2 is 1.79 bits per heavy atom. The van der Waals surface area contributed by atoms with Crippen LogP contribution in [0.3, 0.4) is 0 Å². The van der Waals surface area contributed by atoms with E-state index in [0.29, 0.717) is 19.0 Å². The SMILES string of the molecule is CCNC(=NCc1ccc2c(c1)OCO2)NCCc1ccc(S(N)(=O)=O)cc1. The Bertz CT molecular complexity index is 943. The lowest BCUT2D eigenvalue weighted by molar-refractivity contribution is 0.174. The van der Waals surface area contributed by atoms with Gasteiger partial charge in [-0.3, -0.25) is 0 Å². The summed E-state index contributed by atoms with van der Waals surface area (Å²) in [7, 11) is -3.66. The predicted octanol–water partition coefficient (Wildman–Crippen LogP) is 1.36. The highest BCUT2D eigenvalue weighted by Gasteiger charge is 2.13. The number of rotatable bonds is 7. The van der Waals surface area contributed by atoms with Crippen LogP contribution in [0.25, 0.3) is 0 Å². The maximum atomic E-state index is 11.3. The third-order valence-corrected chi connectivity index (χ3v) is 5.09. The molecule has 150 valence electrons. The summed E-state index contributed by atoms with van der Waals surface area (Å²) in [5.74, 6) is 2.21. The Hall–Kier alpha value is -2.78. The molecule has 2 aromatic carbocycles. The average molecular weight is 404 g/mol. The predicted molar refractivity (Wildman–Crippen MR) is 107 cm³/mol. The van der Waals surface area contributed by atoms with Crippen molar-refractivity contribution < 1.29 is 17.9 Å². The number of ether oxygens (including phenoxy) is 2. The molecule has 0 spiro atoms. The summed E-state index contributed by atoms with van der Waals surface area (Å²) in [4.78, 5) is 4.70. The summed E-state index contributed by atoms with van der Waals surface area (Å²) < 4.78 is 33.3. The highest BCUT2D eigenvalue weighted by Crippen LogP contribution is 2.32. The largest absolute Gasteiger partial charge is 0.454 e. The van der Waals surface area contributed by atoms with Crippen molar-refractivity contribution in [2.24, 2.45) is 10.1 Å². The van der Waals surface area contributed by atoms with Crippen LogP contribution in [0.1, 0.15) is 18.1 Å². The number of benzene rings is 2. The molecule has 0 aliphatic carbocycles. The smallest absolute Gasteiger partial charge is 0.238 e. The van der Waals surface area contributed by atoms with E-state index in [-0.39, 0.29) is 11.7 Å². The standard InChI is InChI=1S/C19H24N4O4S/c1-2-21-19(23-12-15-5-8-17-18(11-15)27-13-26-17)22-10-9-14-3-6-16(7-4-14)28(20,24)25/h3-8,11H,2,9-10,12-13H2,1H3,(H2,20,24,25)(H2,21,22,23). The van der Waals surface area contributed by atoms with Crippen LogP contribution in [-0.4, -0.2) is 34.3 Å². The van der Waals surface area contributed by atoms with Gasteiger partial charge in [0.25, 0.3) is 0 Å². The molecule has 0 bridgehead atoms. The number of guanidine groups is 1. The number of hydrogen-bond donors (Lipinski definition) is 3. The number of nitrogens with one attached hydrogen (secondary N) is 2. The van der Waals surface area contributed by atoms with Crippen LogP contribution in [0.4, 0.5) is 0 Å². The summed E-state index contributed by atoms with van der Waals surface area (Å²) in [6.07, 6.45) is 0.722. The van der Waals surface area contributed by atoms with Crippen LogP contribution in [-0.2, 0) is 23.0 Å². The second-order valence-corrected chi connectivity index (χ2v) is 7.81. The van der Waals surface area contributed by atoms with Gasteiger partial charge < -0.3 is 20.1 Å². The van der Waals surface area contributed by atoms with E-state index < -0.39 is 10.0 Å². The number of aliphatic imine (C=N–C) groups is 1. The lowest BCUT2D eigenvalue weighted by Gasteiger charge is -2.11. The van der Waals surface area contributed by atoms with Gasteiger partial charge in [-0.2, -0.15) is 0 Å². The molecule has 1 heterocycles. The Labute approximate surface area is 164 Å². The van der Waals surface area contributed by atoms with E-state index in [2.05, 4.69) is 15.6 Å². The molecular formula is C19H24N4O4S. The van der Waals surface area contributed by atoms with Crippen molar-refractivity contribution in [1.29, 1.82) is 0 Å². The molecule has 1 aliphatic rings. The first-order chi connectivity index (χ1) is 13.5. The van der Waals surface area contributed by atoms with E-state index >= 15 is 0 Å². The lowest BCUT2D eigenvalue weighted by atomic mass is 10.1. The zero-order valence-corrected chi connectivity index (χ0v) is 16.5. The van der Waals surface area contributed by atoms with E-state index in [9.17, 15) is 8.42 Å². The van der Waals surface area contributed by atoms with Gasteiger partial charge >= 0.3 is 0 Å². The quantitative estimate of drug-likeness (QED) is 0.474. The van der Waals surface area contributed by atoms with Crippen LogP contribution in [0.2, 0.25) is 0 Å². The Morgan fingerprint density at radius 1 is 1.07 bits per heavy atom. The average Bonchev–Trinajstić information content (AvgIpc) is 3.13. The molecule has 0 atom stereocenters. The summed E-state index contributed by atoms with van der Waals surface area (Å²) >= 11 is 0. The normalized spacial score (nSPS) is 13.4. The molecule has 0 unspecified atom stereocenters. The van der Waals surface area contributed by atoms with Crippen molar-refractivity contribution >= 4 is 16.0 Å². The zero-order valence-electron chi connectivity index (χ0n) is 15.6. The van der Waals surface area contributed by atoms with E-state index in [4.69, 9.17) is 14.6 Å². The minimum absolute atomic E-state index is 0.114. The number of primary sulfonamides is 1. The molecule has 28 heavy (non-hydrogen) atoms. The second-order valence-electron chi connectivity index (χ2n) is 6.25. The number of hydrogen-bond acceptors (Lipinski definition) is 5. The van der Waals surface area contributed by atoms with Crippen LogP contribution < -0.4 is 25.2 Å². The Morgan fingerprint density at radius 3 is 2.50 bits per heavy atom. The monoisotopic (exact) mass is 404 g/mol. The topological polar surface area (TPSA) is 115 Å². The molecule has 0 amide bonds. The van der Waals surface area contributed by atoms with Crippen molar-refractivity contribution in [2.75, 3.05) is 19.9 Å². The summed E-state index contributed by atoms with van der Waals surface area (Å²) in [5.41, 5.74) is 2.03. The van der Waals surface area contributed by atoms with Gasteiger partial charge in [-0.05, 0) is 48.7 Å². The van der Waals surface area contributed by atoms with Crippen molar-refractivity contribution in [2.45, 2.75) is 24.8 Å². The summed E-state index contributed by atoms with van der Waals surface area (Å²) in [6.45, 7) is 4.17. The van der Waals surface area contributed by atoms with Gasteiger partial charge in [-0.15, -0.1) is 0 Å². The highest BCUT2D eigenvalue weighted by molar-refractivity contribution is 7.89. The fraction of sp³-hybridized carbons (Fsp3) is 0.316. The molecule has 8 nitrogen and oxygen atoms in total. The van der Waals surface area contributed by atoms with Gasteiger partial charge in [0, 0.05) is 13.1 Å². The van der Waals surface area contributed by atoms with Gasteiger partial charge in [0.05, 0.1) is 11.4 Å². The van der Waals surface area contributed by atoms with E-state index in [1.807, 2.05) is 25.1 Å². The van der Waals surface area contributed by atoms with Gasteiger partial charge in [-0.25, -0.2) is 18.5 Å². The molecule has 1 aliphatic heterocycles. The third kappa shape index (κ3) is 5.37. The lowest BCUT2D eigenvalue weighted by Crippen LogP contribution is -2.38. The fourth-order valence-electron chi connectivity index (χ4n) is 2.72. The Kier molecular flexibility index (Phi) is 6.37. The molecule has 2 aromatic rings. The van der Waals surface area contributed by atoms with Crippen LogP contribution in [0.5, 0.6) is 11.5 Å². The third-order valence-electron chi connectivity index (χ3n) is 4.16. The molecule has 4 N–H and O–H groups in total. The number of fused-ring (bicyclic) bond motifs is 1. The molecule has 0 fully saturated rings. The van der Waals surface area contributed by atoms with E-state index in [1.54, 1.807) is 12.1 Å². The second kappa shape index (κ2) is 8.94. The first-order valence-corrected chi connectivity index (χ1v) is 10.5. The van der Waals surface area contributed by atoms with Gasteiger partial charge in [0.1, 0.15) is 0 Å². The fourth-order valence-corrected chi connectivity index (χ4v) is 3.24. The van der Waals surface area contributed by atoms with Crippen LogP contribution in [0.15, 0.2) is 52.4 Å². The van der Waals surface area contributed by atoms with Gasteiger partial charge in [-0.1, -0.05) is 18.2 Å². The minimum atomic E-state index is -3.66. The first kappa shape index (κ1) is 20.0. The van der Waals surface area contributed by atoms with Crippen molar-refractivity contribution in [3.63, 3.8) is 0 Å². The Balaban J connectivity index is 1.55. The molecular weight excluding hydrogens is 380 g/mol. The van der Waals surface area contributed by atoms with Crippen molar-refractivity contribution in [1.82, 2.24) is 10.6 Å². The number of nitrogens with zero attached hydrogens (tertiary/aromatic N) is 1. The highest BCUT2D eigenvalue weighted by atomic mass is 32.2. The van der Waals surface area contributed by atoms with Crippen LogP contribution in [0, 0.1) is 0 Å². The molecule has 0 saturated heterocycles. The molecule has 0 aromatic heterocycles. The molecule has 3 rings (SSSR count). The minimum Gasteiger partial charge on any atom is -0.454 e. The van der Waals surface area contributed by atoms with Gasteiger partial charge in [0.2, 0.25) is 16.8 Å². The summed E-state index contributed by atoms with van der Waals surface area (Å²) in [6, 6.07) is 12.3. The molecule has 0 saturated carbocycles. The maximum Gasteiger partial charge on any atom is 0.238 e. The molecule has 0 radical (unpaired) electrons. The van der Waals surface area contributed by atoms with Crippen molar-refractivity contribution in [3.05, 3.63) is 53.6 Å². The first-order valence-electron chi connectivity index (χ1n) is 8.98. The maximum absolute atomic E-state index is 11.3. The summed E-state index contributed by atoms with van der Waals surface area (Å²) in [5, 5.41) is 11.6. The van der Waals surface area contributed by atoms with Crippen LogP contribution >= 0.6 is 0 Å².